The molecule has 1 amide bonds. The van der Waals surface area contributed by atoms with Crippen LogP contribution in [-0.4, -0.2) is 28.8 Å². The molecule has 0 saturated heterocycles. The molecule has 2 atom stereocenters. The van der Waals surface area contributed by atoms with Crippen LogP contribution in [0.15, 0.2) is 0 Å². The third-order valence-corrected chi connectivity index (χ3v) is 2.22. The van der Waals surface area contributed by atoms with Gasteiger partial charge in [0.05, 0.1) is 6.07 Å². The predicted octanol–water partition coefficient (Wildman–Crippen LogP) is 1.90. The lowest BCUT2D eigenvalue weighted by molar-refractivity contribution is -0.140. The van der Waals surface area contributed by atoms with E-state index in [1.54, 1.807) is 27.7 Å². The molecule has 0 heterocycles. The van der Waals surface area contributed by atoms with Gasteiger partial charge in [0, 0.05) is 6.42 Å². The third kappa shape index (κ3) is 6.74. The van der Waals surface area contributed by atoms with Crippen molar-refractivity contribution in [1.82, 2.24) is 5.32 Å². The lowest BCUT2D eigenvalue weighted by atomic mass is 9.97. The second kappa shape index (κ2) is 6.84. The Balaban J connectivity index is 4.50. The number of alkyl carbamates (subject to hydrolysis) is 1. The number of carboxylic acid groups (broad SMARTS) is 1. The molecule has 0 radical (unpaired) electrons. The molecule has 0 aromatic carbocycles. The van der Waals surface area contributed by atoms with Crippen LogP contribution < -0.4 is 5.32 Å². The number of hydrogen-bond acceptors (Lipinski definition) is 4. The van der Waals surface area contributed by atoms with Gasteiger partial charge in [0.15, 0.2) is 0 Å². The SMILES string of the molecule is CC(CCC#N)C(NC(=O)OC(C)(C)C)C(=O)O. The van der Waals surface area contributed by atoms with E-state index >= 15 is 0 Å². The van der Waals surface area contributed by atoms with Crippen molar-refractivity contribution < 1.29 is 19.4 Å². The second-order valence-corrected chi connectivity index (χ2v) is 5.14. The Kier molecular flexibility index (Phi) is 6.17. The van der Waals surface area contributed by atoms with Crippen molar-refractivity contribution in [2.75, 3.05) is 0 Å². The molecule has 0 aliphatic carbocycles. The fraction of sp³-hybridized carbons (Fsp3) is 0.750. The van der Waals surface area contributed by atoms with Gasteiger partial charge in [-0.05, 0) is 33.1 Å². The first-order valence-electron chi connectivity index (χ1n) is 5.76. The molecule has 2 N–H and O–H groups in total. The van der Waals surface area contributed by atoms with Crippen LogP contribution in [0.5, 0.6) is 0 Å². The maximum absolute atomic E-state index is 11.5. The quantitative estimate of drug-likeness (QED) is 0.782. The van der Waals surface area contributed by atoms with Crippen LogP contribution in [0.1, 0.15) is 40.5 Å². The second-order valence-electron chi connectivity index (χ2n) is 5.14. The number of nitrogens with one attached hydrogen (secondary N) is 1. The van der Waals surface area contributed by atoms with Gasteiger partial charge >= 0.3 is 12.1 Å². The normalized spacial score (nSPS) is 14.2. The first-order chi connectivity index (χ1) is 8.17. The number of ether oxygens (including phenoxy) is 1. The minimum absolute atomic E-state index is 0.251. The lowest BCUT2D eigenvalue weighted by Gasteiger charge is -2.24. The van der Waals surface area contributed by atoms with E-state index in [4.69, 9.17) is 15.1 Å². The maximum Gasteiger partial charge on any atom is 0.408 e. The highest BCUT2D eigenvalue weighted by molar-refractivity contribution is 5.80. The smallest absolute Gasteiger partial charge is 0.408 e. The van der Waals surface area contributed by atoms with E-state index in [0.29, 0.717) is 6.42 Å². The number of carbonyl (C=O) groups is 2. The highest BCUT2D eigenvalue weighted by atomic mass is 16.6. The summed E-state index contributed by atoms with van der Waals surface area (Å²) in [6.07, 6.45) is -0.108. The summed E-state index contributed by atoms with van der Waals surface area (Å²) < 4.78 is 4.99. The van der Waals surface area contributed by atoms with Gasteiger partial charge in [-0.3, -0.25) is 0 Å². The van der Waals surface area contributed by atoms with Crippen molar-refractivity contribution >= 4 is 12.1 Å². The molecule has 0 aromatic heterocycles. The standard InChI is InChI=1S/C12H20N2O4/c1-8(6-5-7-13)9(10(15)16)14-11(17)18-12(2,3)4/h8-9H,5-6H2,1-4H3,(H,14,17)(H,15,16). The van der Waals surface area contributed by atoms with E-state index in [1.807, 2.05) is 6.07 Å². The van der Waals surface area contributed by atoms with Gasteiger partial charge in [0.25, 0.3) is 0 Å². The average molecular weight is 256 g/mol. The molecule has 0 aliphatic rings. The number of nitriles is 1. The number of hydrogen-bond donors (Lipinski definition) is 2. The van der Waals surface area contributed by atoms with Gasteiger partial charge in [-0.2, -0.15) is 5.26 Å². The molecule has 0 rings (SSSR count). The Morgan fingerprint density at radius 3 is 2.39 bits per heavy atom. The highest BCUT2D eigenvalue weighted by Gasteiger charge is 2.28. The van der Waals surface area contributed by atoms with E-state index in [0.717, 1.165) is 0 Å². The molecule has 0 spiro atoms. The fourth-order valence-corrected chi connectivity index (χ4v) is 1.34. The monoisotopic (exact) mass is 256 g/mol. The summed E-state index contributed by atoms with van der Waals surface area (Å²) in [5.74, 6) is -1.47. The average Bonchev–Trinajstić information content (AvgIpc) is 2.19. The Bertz CT molecular complexity index is 341. The van der Waals surface area contributed by atoms with E-state index in [2.05, 4.69) is 5.32 Å². The number of carbonyl (C=O) groups excluding carboxylic acids is 1. The molecule has 0 aliphatic heterocycles. The van der Waals surface area contributed by atoms with Crippen LogP contribution in [0.3, 0.4) is 0 Å². The zero-order valence-electron chi connectivity index (χ0n) is 11.2. The number of amides is 1. The first kappa shape index (κ1) is 16.2. The van der Waals surface area contributed by atoms with Crippen molar-refractivity contribution in [3.63, 3.8) is 0 Å². The van der Waals surface area contributed by atoms with E-state index in [9.17, 15) is 9.59 Å². The largest absolute Gasteiger partial charge is 0.480 e. The Labute approximate surface area is 107 Å². The zero-order valence-corrected chi connectivity index (χ0v) is 11.2. The molecular weight excluding hydrogens is 236 g/mol. The molecule has 102 valence electrons. The molecule has 0 fully saturated rings. The summed E-state index contributed by atoms with van der Waals surface area (Å²) in [5, 5.41) is 19.8. The summed E-state index contributed by atoms with van der Waals surface area (Å²) in [4.78, 5) is 22.5. The van der Waals surface area contributed by atoms with Crippen LogP contribution in [0, 0.1) is 17.2 Å². The zero-order chi connectivity index (χ0) is 14.3. The summed E-state index contributed by atoms with van der Waals surface area (Å²) in [7, 11) is 0. The van der Waals surface area contributed by atoms with Crippen LogP contribution in [0.25, 0.3) is 0 Å². The number of carboxylic acids is 1. The maximum atomic E-state index is 11.5. The van der Waals surface area contributed by atoms with Crippen LogP contribution >= 0.6 is 0 Å². The third-order valence-electron chi connectivity index (χ3n) is 2.22. The van der Waals surface area contributed by atoms with Gasteiger partial charge in [0.2, 0.25) is 0 Å². The fourth-order valence-electron chi connectivity index (χ4n) is 1.34. The Morgan fingerprint density at radius 2 is 2.00 bits per heavy atom. The Morgan fingerprint density at radius 1 is 1.44 bits per heavy atom. The predicted molar refractivity (Wildman–Crippen MR) is 64.8 cm³/mol. The molecule has 0 aromatic rings. The van der Waals surface area contributed by atoms with Crippen molar-refractivity contribution in [2.24, 2.45) is 5.92 Å². The van der Waals surface area contributed by atoms with Crippen LogP contribution in [0.2, 0.25) is 0 Å². The van der Waals surface area contributed by atoms with Crippen molar-refractivity contribution in [3.05, 3.63) is 0 Å². The van der Waals surface area contributed by atoms with Gasteiger partial charge in [-0.15, -0.1) is 0 Å². The van der Waals surface area contributed by atoms with E-state index in [-0.39, 0.29) is 12.3 Å². The summed E-state index contributed by atoms with van der Waals surface area (Å²) in [5.41, 5.74) is -0.678. The first-order valence-corrected chi connectivity index (χ1v) is 5.76. The van der Waals surface area contributed by atoms with Crippen LogP contribution in [-0.2, 0) is 9.53 Å². The van der Waals surface area contributed by atoms with Gasteiger partial charge in [0.1, 0.15) is 11.6 Å². The molecule has 0 bridgehead atoms. The highest BCUT2D eigenvalue weighted by Crippen LogP contribution is 2.13. The van der Waals surface area contributed by atoms with E-state index < -0.39 is 23.7 Å². The van der Waals surface area contributed by atoms with Crippen LogP contribution in [0.4, 0.5) is 4.79 Å². The van der Waals surface area contributed by atoms with Crippen molar-refractivity contribution in [1.29, 1.82) is 5.26 Å². The van der Waals surface area contributed by atoms with E-state index in [1.165, 1.54) is 0 Å². The molecule has 6 heteroatoms. The van der Waals surface area contributed by atoms with Gasteiger partial charge < -0.3 is 15.2 Å². The topological polar surface area (TPSA) is 99.4 Å². The summed E-state index contributed by atoms with van der Waals surface area (Å²) in [6.45, 7) is 6.76. The molecule has 0 saturated carbocycles. The molecule has 2 unspecified atom stereocenters. The summed E-state index contributed by atoms with van der Waals surface area (Å²) >= 11 is 0. The van der Waals surface area contributed by atoms with Gasteiger partial charge in [-0.1, -0.05) is 6.92 Å². The minimum atomic E-state index is -1.13. The molecule has 6 nitrogen and oxygen atoms in total. The number of rotatable bonds is 5. The number of nitrogens with zero attached hydrogens (tertiary/aromatic N) is 1. The molecular formula is C12H20N2O4. The van der Waals surface area contributed by atoms with Gasteiger partial charge in [-0.25, -0.2) is 9.59 Å². The molecule has 18 heavy (non-hydrogen) atoms. The number of aliphatic carboxylic acids is 1. The van der Waals surface area contributed by atoms with Crippen molar-refractivity contribution in [2.45, 2.75) is 52.2 Å². The minimum Gasteiger partial charge on any atom is -0.480 e. The lowest BCUT2D eigenvalue weighted by Crippen LogP contribution is -2.47. The van der Waals surface area contributed by atoms with Crippen molar-refractivity contribution in [3.8, 4) is 6.07 Å². The Hall–Kier alpha value is -1.77. The summed E-state index contributed by atoms with van der Waals surface area (Å²) in [6, 6.07) is 0.899.